The number of nitrogens with zero attached hydrogens (tertiary/aromatic N) is 2. The number of para-hydroxylation sites is 1. The van der Waals surface area contributed by atoms with Gasteiger partial charge in [-0.2, -0.15) is 0 Å². The van der Waals surface area contributed by atoms with Crippen molar-refractivity contribution in [1.82, 2.24) is 15.2 Å². The molecule has 8 heteroatoms. The van der Waals surface area contributed by atoms with Gasteiger partial charge in [0.15, 0.2) is 11.5 Å². The molecule has 0 bridgehead atoms. The summed E-state index contributed by atoms with van der Waals surface area (Å²) in [4.78, 5) is 19.6. The van der Waals surface area contributed by atoms with Gasteiger partial charge in [0.25, 0.3) is 0 Å². The van der Waals surface area contributed by atoms with Gasteiger partial charge in [-0.25, -0.2) is 4.98 Å². The Labute approximate surface area is 192 Å². The third-order valence-corrected chi connectivity index (χ3v) is 7.03. The second-order valence-corrected chi connectivity index (χ2v) is 8.94. The van der Waals surface area contributed by atoms with Crippen LogP contribution in [0.2, 0.25) is 0 Å². The van der Waals surface area contributed by atoms with Crippen molar-refractivity contribution in [2.75, 3.05) is 41.0 Å². The SMILES string of the molecule is COc1cc(CNC(=O)CN2CCC(c3nc4ccccc4s3)CC2)cc(OC)c1OC. The fourth-order valence-electron chi connectivity index (χ4n) is 4.10. The summed E-state index contributed by atoms with van der Waals surface area (Å²) < 4.78 is 17.4. The van der Waals surface area contributed by atoms with Crippen LogP contribution in [-0.2, 0) is 11.3 Å². The number of amides is 1. The van der Waals surface area contributed by atoms with Gasteiger partial charge >= 0.3 is 0 Å². The zero-order valence-electron chi connectivity index (χ0n) is 18.7. The minimum atomic E-state index is 0.0113. The monoisotopic (exact) mass is 455 g/mol. The summed E-state index contributed by atoms with van der Waals surface area (Å²) in [5.74, 6) is 2.19. The van der Waals surface area contributed by atoms with Crippen molar-refractivity contribution in [3.63, 3.8) is 0 Å². The van der Waals surface area contributed by atoms with E-state index in [1.807, 2.05) is 18.2 Å². The molecule has 4 rings (SSSR count). The molecular formula is C24H29N3O4S. The maximum absolute atomic E-state index is 12.5. The second-order valence-electron chi connectivity index (χ2n) is 7.88. The Kier molecular flexibility index (Phi) is 7.12. The molecule has 1 amide bonds. The number of fused-ring (bicyclic) bond motifs is 1. The lowest BCUT2D eigenvalue weighted by molar-refractivity contribution is -0.122. The van der Waals surface area contributed by atoms with Crippen molar-refractivity contribution in [3.8, 4) is 17.2 Å². The van der Waals surface area contributed by atoms with Gasteiger partial charge < -0.3 is 19.5 Å². The molecule has 2 aromatic carbocycles. The van der Waals surface area contributed by atoms with Gasteiger partial charge in [0.05, 0.1) is 43.1 Å². The number of rotatable bonds is 8. The average molecular weight is 456 g/mol. The van der Waals surface area contributed by atoms with Crippen LogP contribution in [0, 0.1) is 0 Å². The van der Waals surface area contributed by atoms with E-state index in [0.717, 1.165) is 37.0 Å². The van der Waals surface area contributed by atoms with Crippen molar-refractivity contribution in [1.29, 1.82) is 0 Å². The summed E-state index contributed by atoms with van der Waals surface area (Å²) in [6.45, 7) is 2.60. The van der Waals surface area contributed by atoms with Crippen LogP contribution in [0.4, 0.5) is 0 Å². The number of methoxy groups -OCH3 is 3. The van der Waals surface area contributed by atoms with Gasteiger partial charge in [0.2, 0.25) is 11.7 Å². The first-order chi connectivity index (χ1) is 15.6. The normalized spacial score (nSPS) is 15.0. The standard InChI is InChI=1S/C24H29N3O4S/c1-29-19-12-16(13-20(30-2)23(19)31-3)14-25-22(28)15-27-10-8-17(9-11-27)24-26-18-6-4-5-7-21(18)32-24/h4-7,12-13,17H,8-11,14-15H2,1-3H3,(H,25,28). The molecule has 2 heterocycles. The Morgan fingerprint density at radius 3 is 2.41 bits per heavy atom. The average Bonchev–Trinajstić information content (AvgIpc) is 3.26. The molecule has 0 radical (unpaired) electrons. The van der Waals surface area contributed by atoms with Gasteiger partial charge in [-0.05, 0) is 55.8 Å². The van der Waals surface area contributed by atoms with E-state index in [2.05, 4.69) is 28.4 Å². The summed E-state index contributed by atoms with van der Waals surface area (Å²) in [6, 6.07) is 12.0. The van der Waals surface area contributed by atoms with Gasteiger partial charge in [-0.15, -0.1) is 11.3 Å². The summed E-state index contributed by atoms with van der Waals surface area (Å²) in [5, 5.41) is 4.22. The van der Waals surface area contributed by atoms with Gasteiger partial charge in [-0.1, -0.05) is 12.1 Å². The van der Waals surface area contributed by atoms with Gasteiger partial charge in [-0.3, -0.25) is 9.69 Å². The Balaban J connectivity index is 1.28. The molecule has 3 aromatic rings. The molecule has 0 spiro atoms. The number of carbonyl (C=O) groups is 1. The zero-order valence-corrected chi connectivity index (χ0v) is 19.5. The molecule has 1 aliphatic heterocycles. The lowest BCUT2D eigenvalue weighted by Gasteiger charge is -2.30. The van der Waals surface area contributed by atoms with Crippen molar-refractivity contribution in [3.05, 3.63) is 47.0 Å². The molecule has 0 saturated carbocycles. The Morgan fingerprint density at radius 1 is 1.09 bits per heavy atom. The quantitative estimate of drug-likeness (QED) is 0.557. The highest BCUT2D eigenvalue weighted by molar-refractivity contribution is 7.18. The predicted octanol–water partition coefficient (Wildman–Crippen LogP) is 3.82. The molecule has 1 aromatic heterocycles. The van der Waals surface area contributed by atoms with Crippen LogP contribution in [0.1, 0.15) is 29.3 Å². The Bertz CT molecular complexity index is 1020. The third-order valence-electron chi connectivity index (χ3n) is 5.83. The first kappa shape index (κ1) is 22.4. The Hall–Kier alpha value is -2.84. The van der Waals surface area contributed by atoms with Crippen LogP contribution < -0.4 is 19.5 Å². The molecule has 0 aliphatic carbocycles. The van der Waals surface area contributed by atoms with Crippen LogP contribution in [0.3, 0.4) is 0 Å². The maximum Gasteiger partial charge on any atom is 0.234 e. The number of benzene rings is 2. The number of hydrogen-bond donors (Lipinski definition) is 1. The van der Waals surface area contributed by atoms with Crippen LogP contribution in [0.5, 0.6) is 17.2 Å². The lowest BCUT2D eigenvalue weighted by atomic mass is 9.97. The van der Waals surface area contributed by atoms with Crippen LogP contribution >= 0.6 is 11.3 Å². The molecule has 1 fully saturated rings. The maximum atomic E-state index is 12.5. The smallest absolute Gasteiger partial charge is 0.234 e. The number of piperidine rings is 1. The van der Waals surface area contributed by atoms with Crippen LogP contribution in [0.25, 0.3) is 10.2 Å². The lowest BCUT2D eigenvalue weighted by Crippen LogP contribution is -2.41. The zero-order chi connectivity index (χ0) is 22.5. The number of nitrogens with one attached hydrogen (secondary N) is 1. The molecule has 1 N–H and O–H groups in total. The van der Waals surface area contributed by atoms with Crippen molar-refractivity contribution in [2.24, 2.45) is 0 Å². The van der Waals surface area contributed by atoms with E-state index in [-0.39, 0.29) is 5.91 Å². The fraction of sp³-hybridized carbons (Fsp3) is 0.417. The minimum Gasteiger partial charge on any atom is -0.493 e. The highest BCUT2D eigenvalue weighted by Gasteiger charge is 2.24. The van der Waals surface area contributed by atoms with Crippen molar-refractivity contribution >= 4 is 27.5 Å². The molecule has 170 valence electrons. The summed E-state index contributed by atoms with van der Waals surface area (Å²) in [6.07, 6.45) is 2.06. The fourth-order valence-corrected chi connectivity index (χ4v) is 5.24. The largest absolute Gasteiger partial charge is 0.493 e. The molecule has 0 unspecified atom stereocenters. The predicted molar refractivity (Wildman–Crippen MR) is 126 cm³/mol. The highest BCUT2D eigenvalue weighted by atomic mass is 32.1. The molecule has 32 heavy (non-hydrogen) atoms. The minimum absolute atomic E-state index is 0.0113. The van der Waals surface area contributed by atoms with Gasteiger partial charge in [0.1, 0.15) is 0 Å². The van der Waals surface area contributed by atoms with E-state index in [9.17, 15) is 4.79 Å². The van der Waals surface area contributed by atoms with E-state index >= 15 is 0 Å². The summed E-state index contributed by atoms with van der Waals surface area (Å²) >= 11 is 1.79. The van der Waals surface area contributed by atoms with Gasteiger partial charge in [0, 0.05) is 12.5 Å². The number of aromatic nitrogens is 1. The molecule has 1 saturated heterocycles. The van der Waals surface area contributed by atoms with E-state index in [4.69, 9.17) is 19.2 Å². The topological polar surface area (TPSA) is 72.9 Å². The van der Waals surface area contributed by atoms with E-state index in [0.29, 0.717) is 36.3 Å². The molecule has 7 nitrogen and oxygen atoms in total. The Morgan fingerprint density at radius 2 is 1.78 bits per heavy atom. The molecule has 1 aliphatic rings. The number of carbonyl (C=O) groups excluding carboxylic acids is 1. The third kappa shape index (κ3) is 4.97. The summed E-state index contributed by atoms with van der Waals surface area (Å²) in [5.41, 5.74) is 1.98. The second kappa shape index (κ2) is 10.2. The van der Waals surface area contributed by atoms with Crippen LogP contribution in [0.15, 0.2) is 36.4 Å². The van der Waals surface area contributed by atoms with E-state index < -0.39 is 0 Å². The van der Waals surface area contributed by atoms with Crippen molar-refractivity contribution in [2.45, 2.75) is 25.3 Å². The van der Waals surface area contributed by atoms with Crippen LogP contribution in [-0.4, -0.2) is 56.8 Å². The van der Waals surface area contributed by atoms with E-state index in [1.165, 1.54) is 9.71 Å². The number of thiazole rings is 1. The number of likely N-dealkylation sites (tertiary alicyclic amines) is 1. The molecular weight excluding hydrogens is 426 g/mol. The number of ether oxygens (including phenoxy) is 3. The first-order valence-corrected chi connectivity index (χ1v) is 11.6. The first-order valence-electron chi connectivity index (χ1n) is 10.7. The highest BCUT2D eigenvalue weighted by Crippen LogP contribution is 2.38. The molecule has 0 atom stereocenters. The number of hydrogen-bond acceptors (Lipinski definition) is 7. The van der Waals surface area contributed by atoms with Crippen molar-refractivity contribution < 1.29 is 19.0 Å². The van der Waals surface area contributed by atoms with E-state index in [1.54, 1.807) is 32.7 Å². The summed E-state index contributed by atoms with van der Waals surface area (Å²) in [7, 11) is 4.73.